The van der Waals surface area contributed by atoms with E-state index in [1.54, 1.807) is 78.9 Å². The number of hydrogen-bond acceptors (Lipinski definition) is 6. The number of hydrogen-bond donors (Lipinski definition) is 3. The van der Waals surface area contributed by atoms with E-state index in [4.69, 9.17) is 21.1 Å². The highest BCUT2D eigenvalue weighted by Crippen LogP contribution is 2.29. The molecule has 4 aromatic carbocycles. The Bertz CT molecular complexity index is 1680. The van der Waals surface area contributed by atoms with Gasteiger partial charge >= 0.3 is 0 Å². The Labute approximate surface area is 265 Å². The van der Waals surface area contributed by atoms with Crippen LogP contribution in [-0.4, -0.2) is 37.2 Å². The predicted molar refractivity (Wildman–Crippen MR) is 177 cm³/mol. The van der Waals surface area contributed by atoms with Gasteiger partial charge < -0.3 is 25.4 Å². The predicted octanol–water partition coefficient (Wildman–Crippen LogP) is 7.19. The zero-order valence-corrected chi connectivity index (χ0v) is 26.2. The molecule has 0 fully saturated rings. The molecule has 0 aliphatic heterocycles. The Kier molecular flexibility index (Phi) is 11.1. The lowest BCUT2D eigenvalue weighted by Crippen LogP contribution is -2.30. The molecule has 3 amide bonds. The summed E-state index contributed by atoms with van der Waals surface area (Å²) in [5.74, 6) is -0.0900. The van der Waals surface area contributed by atoms with Gasteiger partial charge in [-0.05, 0) is 91.7 Å². The van der Waals surface area contributed by atoms with Crippen molar-refractivity contribution in [2.75, 3.05) is 24.9 Å². The minimum Gasteiger partial charge on any atom is -0.493 e. The van der Waals surface area contributed by atoms with Crippen LogP contribution in [0.25, 0.3) is 6.08 Å². The Morgan fingerprint density at radius 3 is 2.23 bits per heavy atom. The monoisotopic (exact) mass is 629 g/mol. The van der Waals surface area contributed by atoms with Crippen molar-refractivity contribution in [3.05, 3.63) is 118 Å². The first kappa shape index (κ1) is 32.2. The van der Waals surface area contributed by atoms with Crippen LogP contribution < -0.4 is 25.4 Å². The van der Waals surface area contributed by atoms with Crippen LogP contribution in [0.5, 0.6) is 11.5 Å². The second-order valence-electron chi connectivity index (χ2n) is 9.63. The van der Waals surface area contributed by atoms with Crippen molar-refractivity contribution in [1.82, 2.24) is 5.32 Å². The summed E-state index contributed by atoms with van der Waals surface area (Å²) in [5.41, 5.74) is 3.05. The lowest BCUT2D eigenvalue weighted by atomic mass is 10.1. The normalized spacial score (nSPS) is 11.7. The molecule has 4 aromatic rings. The number of ether oxygens (including phenoxy) is 2. The van der Waals surface area contributed by atoms with Gasteiger partial charge in [-0.25, -0.2) is 0 Å². The van der Waals surface area contributed by atoms with E-state index in [0.29, 0.717) is 39.0 Å². The van der Waals surface area contributed by atoms with E-state index < -0.39 is 17.1 Å². The molecule has 0 aromatic heterocycles. The number of thioether (sulfide) groups is 1. The first-order chi connectivity index (χ1) is 21.2. The van der Waals surface area contributed by atoms with Gasteiger partial charge in [-0.1, -0.05) is 41.9 Å². The lowest BCUT2D eigenvalue weighted by molar-refractivity contribution is -0.115. The zero-order valence-electron chi connectivity index (χ0n) is 24.6. The van der Waals surface area contributed by atoms with Crippen molar-refractivity contribution in [2.45, 2.75) is 24.0 Å². The summed E-state index contributed by atoms with van der Waals surface area (Å²) in [6, 6.07) is 26.3. The van der Waals surface area contributed by atoms with Crippen LogP contribution in [0.15, 0.2) is 102 Å². The maximum Gasteiger partial charge on any atom is 0.272 e. The van der Waals surface area contributed by atoms with Crippen molar-refractivity contribution >= 4 is 58.5 Å². The van der Waals surface area contributed by atoms with Gasteiger partial charge in [0.15, 0.2) is 11.5 Å². The van der Waals surface area contributed by atoms with Crippen molar-refractivity contribution in [2.24, 2.45) is 0 Å². The van der Waals surface area contributed by atoms with Gasteiger partial charge in [-0.15, -0.1) is 11.8 Å². The third kappa shape index (κ3) is 8.43. The van der Waals surface area contributed by atoms with E-state index in [1.165, 1.54) is 26.0 Å². The number of carbonyl (C=O) groups is 3. The van der Waals surface area contributed by atoms with Gasteiger partial charge in [0.1, 0.15) is 5.70 Å². The van der Waals surface area contributed by atoms with E-state index in [0.717, 1.165) is 10.5 Å². The molecule has 0 bridgehead atoms. The molecule has 0 saturated heterocycles. The molecular formula is C34H32ClN3O5S. The molecule has 4 rings (SSSR count). The van der Waals surface area contributed by atoms with Crippen LogP contribution in [0, 0.1) is 6.92 Å². The minimum absolute atomic E-state index is 0.0335. The SMILES string of the molecule is COc1ccc(/C=C(\NC(=O)c2ccccc2)C(=O)Nc2ccc(SC(C)C(=O)Nc3cccc(Cl)c3C)cc2)cc1OC. The fourth-order valence-corrected chi connectivity index (χ4v) is 5.14. The van der Waals surface area contributed by atoms with E-state index >= 15 is 0 Å². The summed E-state index contributed by atoms with van der Waals surface area (Å²) in [4.78, 5) is 40.0. The number of rotatable bonds is 11. The molecule has 0 aliphatic carbocycles. The Balaban J connectivity index is 1.47. The third-order valence-electron chi connectivity index (χ3n) is 6.57. The van der Waals surface area contributed by atoms with E-state index in [-0.39, 0.29) is 11.6 Å². The summed E-state index contributed by atoms with van der Waals surface area (Å²) in [5, 5.41) is 8.68. The average molecular weight is 630 g/mol. The maximum absolute atomic E-state index is 13.4. The Morgan fingerprint density at radius 1 is 0.841 bits per heavy atom. The lowest BCUT2D eigenvalue weighted by Gasteiger charge is -2.15. The zero-order chi connectivity index (χ0) is 31.6. The molecule has 8 nitrogen and oxygen atoms in total. The fourth-order valence-electron chi connectivity index (χ4n) is 4.10. The highest BCUT2D eigenvalue weighted by Gasteiger charge is 2.18. The van der Waals surface area contributed by atoms with Crippen LogP contribution in [0.4, 0.5) is 11.4 Å². The van der Waals surface area contributed by atoms with E-state index in [2.05, 4.69) is 16.0 Å². The van der Waals surface area contributed by atoms with E-state index in [1.807, 2.05) is 32.0 Å². The number of benzene rings is 4. The number of anilines is 2. The molecule has 1 atom stereocenters. The Morgan fingerprint density at radius 2 is 1.55 bits per heavy atom. The topological polar surface area (TPSA) is 106 Å². The molecule has 1 unspecified atom stereocenters. The average Bonchev–Trinajstić information content (AvgIpc) is 3.04. The summed E-state index contributed by atoms with van der Waals surface area (Å²) < 4.78 is 10.7. The number of nitrogens with one attached hydrogen (secondary N) is 3. The van der Waals surface area contributed by atoms with Gasteiger partial charge in [-0.2, -0.15) is 0 Å². The number of carbonyl (C=O) groups excluding carboxylic acids is 3. The van der Waals surface area contributed by atoms with Gasteiger partial charge in [0.2, 0.25) is 5.91 Å². The molecule has 10 heteroatoms. The third-order valence-corrected chi connectivity index (χ3v) is 8.09. The maximum atomic E-state index is 13.4. The standard InChI is InChI=1S/C34H32ClN3O5S/c1-21-27(35)11-8-12-28(21)37-32(39)22(2)44-26-16-14-25(15-17-26)36-34(41)29(38-33(40)24-9-6-5-7-10-24)19-23-13-18-30(42-3)31(20-23)43-4/h5-20,22H,1-4H3,(H,36,41)(H,37,39)(H,38,40)/b29-19-. The van der Waals surface area contributed by atoms with E-state index in [9.17, 15) is 14.4 Å². The van der Waals surface area contributed by atoms with Gasteiger partial charge in [0.05, 0.1) is 19.5 Å². The number of amides is 3. The van der Waals surface area contributed by atoms with Crippen molar-refractivity contribution in [1.29, 1.82) is 0 Å². The van der Waals surface area contributed by atoms with Crippen LogP contribution in [0.2, 0.25) is 5.02 Å². The summed E-state index contributed by atoms with van der Waals surface area (Å²) in [6.45, 7) is 3.67. The van der Waals surface area contributed by atoms with Crippen molar-refractivity contribution in [3.63, 3.8) is 0 Å². The summed E-state index contributed by atoms with van der Waals surface area (Å²) in [7, 11) is 3.05. The highest BCUT2D eigenvalue weighted by atomic mass is 35.5. The molecule has 0 heterocycles. The van der Waals surface area contributed by atoms with Crippen molar-refractivity contribution < 1.29 is 23.9 Å². The quantitative estimate of drug-likeness (QED) is 0.120. The van der Waals surface area contributed by atoms with Gasteiger partial charge in [0, 0.05) is 26.9 Å². The molecule has 3 N–H and O–H groups in total. The van der Waals surface area contributed by atoms with Crippen molar-refractivity contribution in [3.8, 4) is 11.5 Å². The molecule has 0 radical (unpaired) electrons. The molecule has 0 saturated carbocycles. The minimum atomic E-state index is -0.519. The van der Waals surface area contributed by atoms with Crippen LogP contribution in [0.1, 0.15) is 28.4 Å². The fraction of sp³-hybridized carbons (Fsp3) is 0.147. The molecular weight excluding hydrogens is 598 g/mol. The molecule has 0 spiro atoms. The number of methoxy groups -OCH3 is 2. The number of halogens is 1. The van der Waals surface area contributed by atoms with Crippen LogP contribution in [0.3, 0.4) is 0 Å². The summed E-state index contributed by atoms with van der Waals surface area (Å²) in [6.07, 6.45) is 1.56. The summed E-state index contributed by atoms with van der Waals surface area (Å²) >= 11 is 7.55. The second kappa shape index (κ2) is 15.1. The second-order valence-corrected chi connectivity index (χ2v) is 11.5. The smallest absolute Gasteiger partial charge is 0.272 e. The van der Waals surface area contributed by atoms with Crippen LogP contribution >= 0.6 is 23.4 Å². The largest absolute Gasteiger partial charge is 0.493 e. The van der Waals surface area contributed by atoms with Gasteiger partial charge in [-0.3, -0.25) is 14.4 Å². The molecule has 226 valence electrons. The van der Waals surface area contributed by atoms with Gasteiger partial charge in [0.25, 0.3) is 11.8 Å². The molecule has 44 heavy (non-hydrogen) atoms. The van der Waals surface area contributed by atoms with Crippen LogP contribution in [-0.2, 0) is 9.59 Å². The first-order valence-corrected chi connectivity index (χ1v) is 14.9. The first-order valence-electron chi connectivity index (χ1n) is 13.6. The Hall–Kier alpha value is -4.73. The molecule has 0 aliphatic rings. The highest BCUT2D eigenvalue weighted by molar-refractivity contribution is 8.00.